The van der Waals surface area contributed by atoms with Crippen molar-refractivity contribution in [3.8, 4) is 0 Å². The molecule has 3 atom stereocenters. The molecule has 19 heteroatoms. The Morgan fingerprint density at radius 1 is 0.979 bits per heavy atom. The molecule has 1 aromatic heterocycles. The molecule has 0 spiro atoms. The normalized spacial score (nSPS) is 16.3. The monoisotopic (exact) mass is 680 g/mol. The lowest BCUT2D eigenvalue weighted by molar-refractivity contribution is -0.193. The molecule has 47 heavy (non-hydrogen) atoms. The van der Waals surface area contributed by atoms with Gasteiger partial charge in [-0.15, -0.1) is 0 Å². The summed E-state index contributed by atoms with van der Waals surface area (Å²) in [5, 5.41) is 23.1. The minimum absolute atomic E-state index is 0.00442. The maximum absolute atomic E-state index is 12.9. The Kier molecular flexibility index (Phi) is 15.6. The molecule has 1 saturated heterocycles. The molecule has 13 nitrogen and oxygen atoms in total. The van der Waals surface area contributed by atoms with Gasteiger partial charge in [0, 0.05) is 18.7 Å². The summed E-state index contributed by atoms with van der Waals surface area (Å²) in [7, 11) is 0. The van der Waals surface area contributed by atoms with Crippen LogP contribution in [0.5, 0.6) is 0 Å². The summed E-state index contributed by atoms with van der Waals surface area (Å²) in [4.78, 5) is 59.0. The second kappa shape index (κ2) is 18.3. The Bertz CT molecular complexity index is 1350. The average Bonchev–Trinajstić information content (AvgIpc) is 3.43. The molecule has 1 fully saturated rings. The zero-order valence-corrected chi connectivity index (χ0v) is 24.8. The number of carbonyl (C=O) groups is 5. The highest BCUT2D eigenvalue weighted by atomic mass is 19.4. The van der Waals surface area contributed by atoms with E-state index in [1.54, 1.807) is 12.1 Å². The van der Waals surface area contributed by atoms with E-state index < -0.39 is 36.2 Å². The van der Waals surface area contributed by atoms with Crippen molar-refractivity contribution in [2.75, 3.05) is 12.3 Å². The van der Waals surface area contributed by atoms with E-state index in [0.717, 1.165) is 18.5 Å². The molecular formula is C28H34F6N6O7. The third-order valence-corrected chi connectivity index (χ3v) is 6.37. The lowest BCUT2D eigenvalue weighted by Gasteiger charge is -2.20. The van der Waals surface area contributed by atoms with Crippen LogP contribution in [0.3, 0.4) is 0 Å². The standard InChI is InChI=1S/C24H32N6O3.2C2HF3O2/c1-15-18(7-9-21(25)29-15)14-28-23(32)19(8-10-22(26)31)30-24(33)20-12-17(13-27-20)11-16-5-3-2-4-6-16;2*3-2(4,5)1(6)7/h2-7,9,17,19-20,27H,8,10-14H2,1H3,(H2,25,29)(H2,26,31)(H,28,32)(H,30,33);2*(H,6,7)/t17-,19-,20+;;/m0../s1. The molecule has 0 unspecified atom stereocenters. The number of nitrogens with one attached hydrogen (secondary N) is 3. The van der Waals surface area contributed by atoms with Crippen LogP contribution in [0.15, 0.2) is 42.5 Å². The molecule has 2 aromatic rings. The minimum atomic E-state index is -5.08. The van der Waals surface area contributed by atoms with Crippen LogP contribution in [0.4, 0.5) is 32.2 Å². The predicted octanol–water partition coefficient (Wildman–Crippen LogP) is 1.83. The molecule has 0 bridgehead atoms. The molecule has 0 saturated carbocycles. The fourth-order valence-electron chi connectivity index (χ4n) is 4.04. The first kappa shape index (κ1) is 40.1. The van der Waals surface area contributed by atoms with Crippen LogP contribution in [0.1, 0.15) is 36.1 Å². The lowest BCUT2D eigenvalue weighted by atomic mass is 9.96. The summed E-state index contributed by atoms with van der Waals surface area (Å²) in [5.41, 5.74) is 13.7. The Morgan fingerprint density at radius 2 is 1.53 bits per heavy atom. The molecular weight excluding hydrogens is 646 g/mol. The smallest absolute Gasteiger partial charge is 0.475 e. The molecule has 0 radical (unpaired) electrons. The number of carbonyl (C=O) groups excluding carboxylic acids is 3. The number of hydrogen-bond acceptors (Lipinski definition) is 8. The van der Waals surface area contributed by atoms with Crippen molar-refractivity contribution in [1.29, 1.82) is 0 Å². The number of pyridine rings is 1. The molecule has 3 amide bonds. The number of benzene rings is 1. The van der Waals surface area contributed by atoms with Crippen molar-refractivity contribution >= 4 is 35.5 Å². The Labute approximate surface area is 264 Å². The number of hydrogen-bond donors (Lipinski definition) is 7. The number of nitrogens with two attached hydrogens (primary N) is 2. The van der Waals surface area contributed by atoms with Gasteiger partial charge in [0.1, 0.15) is 11.9 Å². The Hall–Kier alpha value is -4.94. The quantitative estimate of drug-likeness (QED) is 0.180. The fraction of sp³-hybridized carbons (Fsp3) is 0.429. The number of amides is 3. The van der Waals surface area contributed by atoms with Gasteiger partial charge in [-0.2, -0.15) is 26.3 Å². The van der Waals surface area contributed by atoms with Crippen molar-refractivity contribution in [2.24, 2.45) is 11.7 Å². The van der Waals surface area contributed by atoms with E-state index in [-0.39, 0.29) is 37.2 Å². The van der Waals surface area contributed by atoms with E-state index in [4.69, 9.17) is 31.3 Å². The highest BCUT2D eigenvalue weighted by Gasteiger charge is 2.39. The van der Waals surface area contributed by atoms with Gasteiger partial charge in [-0.25, -0.2) is 14.6 Å². The van der Waals surface area contributed by atoms with Crippen LogP contribution in [-0.4, -0.2) is 75.8 Å². The van der Waals surface area contributed by atoms with Crippen LogP contribution >= 0.6 is 0 Å². The van der Waals surface area contributed by atoms with Gasteiger partial charge in [0.15, 0.2) is 0 Å². The molecule has 3 rings (SSSR count). The number of aliphatic carboxylic acids is 2. The summed E-state index contributed by atoms with van der Waals surface area (Å²) in [6.07, 6.45) is -8.47. The number of halogens is 6. The molecule has 0 aliphatic carbocycles. The van der Waals surface area contributed by atoms with Gasteiger partial charge in [-0.1, -0.05) is 36.4 Å². The van der Waals surface area contributed by atoms with Gasteiger partial charge in [-0.05, 0) is 55.8 Å². The van der Waals surface area contributed by atoms with E-state index in [0.29, 0.717) is 23.9 Å². The second-order valence-corrected chi connectivity index (χ2v) is 10.1. The number of aromatic nitrogens is 1. The third kappa shape index (κ3) is 15.8. The van der Waals surface area contributed by atoms with Gasteiger partial charge >= 0.3 is 24.3 Å². The van der Waals surface area contributed by atoms with Gasteiger partial charge in [0.2, 0.25) is 17.7 Å². The maximum atomic E-state index is 12.9. The van der Waals surface area contributed by atoms with Crippen molar-refractivity contribution in [1.82, 2.24) is 20.9 Å². The SMILES string of the molecule is Cc1nc(N)ccc1CNC(=O)[C@H](CCC(N)=O)NC(=O)[C@H]1C[C@H](Cc2ccccc2)CN1.O=C(O)C(F)(F)F.O=C(O)C(F)(F)F. The van der Waals surface area contributed by atoms with Gasteiger partial charge in [0.25, 0.3) is 0 Å². The zero-order chi connectivity index (χ0) is 35.9. The number of carboxylic acid groups (broad SMARTS) is 2. The van der Waals surface area contributed by atoms with Crippen molar-refractivity contribution in [3.05, 3.63) is 59.3 Å². The number of alkyl halides is 6. The molecule has 2 heterocycles. The van der Waals surface area contributed by atoms with Crippen LogP contribution in [0, 0.1) is 12.8 Å². The first-order chi connectivity index (χ1) is 21.7. The lowest BCUT2D eigenvalue weighted by Crippen LogP contribution is -2.51. The Morgan fingerprint density at radius 3 is 2.02 bits per heavy atom. The number of anilines is 1. The Balaban J connectivity index is 0.000000658. The van der Waals surface area contributed by atoms with E-state index in [9.17, 15) is 40.7 Å². The second-order valence-electron chi connectivity index (χ2n) is 10.1. The van der Waals surface area contributed by atoms with Crippen molar-refractivity contribution < 1.29 is 60.5 Å². The van der Waals surface area contributed by atoms with Gasteiger partial charge in [-0.3, -0.25) is 14.4 Å². The largest absolute Gasteiger partial charge is 0.490 e. The van der Waals surface area contributed by atoms with Crippen molar-refractivity contribution in [2.45, 2.75) is 63.6 Å². The summed E-state index contributed by atoms with van der Waals surface area (Å²) in [5.74, 6) is -5.92. The van der Waals surface area contributed by atoms with Crippen LogP contribution in [-0.2, 0) is 36.9 Å². The first-order valence-electron chi connectivity index (χ1n) is 13.7. The van der Waals surface area contributed by atoms with Crippen LogP contribution < -0.4 is 27.4 Å². The molecule has 1 aliphatic rings. The summed E-state index contributed by atoms with van der Waals surface area (Å²) in [6, 6.07) is 12.4. The summed E-state index contributed by atoms with van der Waals surface area (Å²) >= 11 is 0. The first-order valence-corrected chi connectivity index (χ1v) is 13.7. The number of rotatable bonds is 10. The van der Waals surface area contributed by atoms with E-state index in [2.05, 4.69) is 33.1 Å². The fourth-order valence-corrected chi connectivity index (χ4v) is 4.04. The highest BCUT2D eigenvalue weighted by molar-refractivity contribution is 5.90. The van der Waals surface area contributed by atoms with Crippen LogP contribution in [0.25, 0.3) is 0 Å². The van der Waals surface area contributed by atoms with Crippen LogP contribution in [0.2, 0.25) is 0 Å². The average molecular weight is 681 g/mol. The van der Waals surface area contributed by atoms with E-state index in [1.807, 2.05) is 25.1 Å². The number of nitrogens with zero attached hydrogens (tertiary/aromatic N) is 1. The van der Waals surface area contributed by atoms with E-state index >= 15 is 0 Å². The number of aryl methyl sites for hydroxylation is 1. The molecule has 9 N–H and O–H groups in total. The van der Waals surface area contributed by atoms with Crippen molar-refractivity contribution in [3.63, 3.8) is 0 Å². The predicted molar refractivity (Wildman–Crippen MR) is 153 cm³/mol. The number of nitrogen functional groups attached to an aromatic ring is 1. The summed E-state index contributed by atoms with van der Waals surface area (Å²) < 4.78 is 63.5. The third-order valence-electron chi connectivity index (χ3n) is 6.37. The molecule has 1 aliphatic heterocycles. The zero-order valence-electron chi connectivity index (χ0n) is 24.8. The molecule has 1 aromatic carbocycles. The van der Waals surface area contributed by atoms with E-state index in [1.165, 1.54) is 5.56 Å². The maximum Gasteiger partial charge on any atom is 0.490 e. The van der Waals surface area contributed by atoms with Gasteiger partial charge < -0.3 is 37.6 Å². The minimum Gasteiger partial charge on any atom is -0.475 e. The molecule has 260 valence electrons. The number of carboxylic acids is 2. The topological polar surface area (TPSA) is 227 Å². The number of primary amides is 1. The van der Waals surface area contributed by atoms with Gasteiger partial charge in [0.05, 0.1) is 6.04 Å². The highest BCUT2D eigenvalue weighted by Crippen LogP contribution is 2.20. The summed E-state index contributed by atoms with van der Waals surface area (Å²) in [6.45, 7) is 2.78.